The van der Waals surface area contributed by atoms with Gasteiger partial charge in [0, 0.05) is 12.6 Å². The number of allylic oxidation sites excluding steroid dienone is 2. The Labute approximate surface area is 54.8 Å². The van der Waals surface area contributed by atoms with Crippen molar-refractivity contribution in [1.29, 1.82) is 0 Å². The van der Waals surface area contributed by atoms with Crippen molar-refractivity contribution < 1.29 is 0 Å². The molecule has 0 spiro atoms. The molecule has 1 aliphatic heterocycles. The molecule has 0 aromatic heterocycles. The largest absolute Gasteiger partial charge is 0.387 e. The van der Waals surface area contributed by atoms with Gasteiger partial charge in [-0.25, -0.2) is 4.99 Å². The smallest absolute Gasteiger partial charge is 0.103 e. The molecule has 1 aliphatic rings. The Morgan fingerprint density at radius 1 is 1.67 bits per heavy atom. The quantitative estimate of drug-likeness (QED) is 0.515. The molecule has 0 unspecified atom stereocenters. The monoisotopic (exact) mass is 122 g/mol. The lowest BCUT2D eigenvalue weighted by atomic mass is 10.3. The third-order valence-corrected chi connectivity index (χ3v) is 1.14. The van der Waals surface area contributed by atoms with Crippen LogP contribution < -0.4 is 5.73 Å². The summed E-state index contributed by atoms with van der Waals surface area (Å²) in [6.45, 7) is 2.00. The van der Waals surface area contributed by atoms with Gasteiger partial charge < -0.3 is 5.73 Å². The van der Waals surface area contributed by atoms with E-state index in [1.54, 1.807) is 6.20 Å². The van der Waals surface area contributed by atoms with E-state index in [2.05, 4.69) is 4.99 Å². The normalized spacial score (nSPS) is 18.3. The molecule has 0 aromatic rings. The maximum Gasteiger partial charge on any atom is 0.103 e. The Morgan fingerprint density at radius 3 is 3.22 bits per heavy atom. The summed E-state index contributed by atoms with van der Waals surface area (Å²) in [4.78, 5) is 3.97. The molecule has 0 fully saturated rings. The molecule has 2 nitrogen and oxygen atoms in total. The third kappa shape index (κ3) is 1.72. The molecule has 0 aliphatic carbocycles. The van der Waals surface area contributed by atoms with Gasteiger partial charge >= 0.3 is 0 Å². The molecule has 0 radical (unpaired) electrons. The first-order valence-electron chi connectivity index (χ1n) is 2.94. The molecule has 48 valence electrons. The molecule has 2 heteroatoms. The van der Waals surface area contributed by atoms with E-state index >= 15 is 0 Å². The number of rotatable bonds is 0. The first kappa shape index (κ1) is 6.08. The van der Waals surface area contributed by atoms with E-state index < -0.39 is 0 Å². The lowest BCUT2D eigenvalue weighted by Crippen LogP contribution is -2.08. The summed E-state index contributed by atoms with van der Waals surface area (Å²) in [5.74, 6) is 0.683. The number of nitrogens with zero attached hydrogens (tertiary/aromatic N) is 1. The lowest BCUT2D eigenvalue weighted by molar-refractivity contribution is 1.37. The second kappa shape index (κ2) is 2.49. The second-order valence-electron chi connectivity index (χ2n) is 2.10. The average molecular weight is 122 g/mol. The Morgan fingerprint density at radius 2 is 2.44 bits per heavy atom. The van der Waals surface area contributed by atoms with E-state index in [1.807, 2.05) is 19.1 Å². The van der Waals surface area contributed by atoms with E-state index in [4.69, 9.17) is 5.73 Å². The Bertz CT molecular complexity index is 187. The topological polar surface area (TPSA) is 38.4 Å². The molecule has 0 atom stereocenters. The van der Waals surface area contributed by atoms with Crippen molar-refractivity contribution in [2.75, 3.05) is 0 Å². The summed E-state index contributed by atoms with van der Waals surface area (Å²) in [5, 5.41) is 0. The van der Waals surface area contributed by atoms with Gasteiger partial charge in [0.2, 0.25) is 0 Å². The van der Waals surface area contributed by atoms with E-state index in [0.717, 1.165) is 12.0 Å². The lowest BCUT2D eigenvalue weighted by Gasteiger charge is -1.86. The first-order valence-corrected chi connectivity index (χ1v) is 2.94. The van der Waals surface area contributed by atoms with Crippen molar-refractivity contribution in [3.05, 3.63) is 23.9 Å². The molecule has 9 heavy (non-hydrogen) atoms. The van der Waals surface area contributed by atoms with Gasteiger partial charge in [0.05, 0.1) is 0 Å². The van der Waals surface area contributed by atoms with Crippen LogP contribution in [-0.4, -0.2) is 5.84 Å². The summed E-state index contributed by atoms with van der Waals surface area (Å²) in [5.41, 5.74) is 6.60. The van der Waals surface area contributed by atoms with Crippen LogP contribution in [0.25, 0.3) is 0 Å². The molecule has 0 amide bonds. The molecular formula is C7H10N2. The number of nitrogens with two attached hydrogens (primary N) is 1. The van der Waals surface area contributed by atoms with Crippen LogP contribution in [0.2, 0.25) is 0 Å². The van der Waals surface area contributed by atoms with Gasteiger partial charge in [-0.15, -0.1) is 0 Å². The fourth-order valence-electron chi connectivity index (χ4n) is 0.646. The molecule has 2 N–H and O–H groups in total. The van der Waals surface area contributed by atoms with Crippen LogP contribution in [0.1, 0.15) is 13.3 Å². The minimum atomic E-state index is 0.683. The minimum Gasteiger partial charge on any atom is -0.387 e. The zero-order valence-corrected chi connectivity index (χ0v) is 5.46. The molecule has 0 saturated heterocycles. The summed E-state index contributed by atoms with van der Waals surface area (Å²) < 4.78 is 0. The average Bonchev–Trinajstić information content (AvgIpc) is 1.97. The van der Waals surface area contributed by atoms with Crippen molar-refractivity contribution in [2.24, 2.45) is 10.7 Å². The predicted molar refractivity (Wildman–Crippen MR) is 39.1 cm³/mol. The van der Waals surface area contributed by atoms with Crippen LogP contribution in [0, 0.1) is 0 Å². The Hall–Kier alpha value is -1.05. The summed E-state index contributed by atoms with van der Waals surface area (Å²) in [7, 11) is 0. The van der Waals surface area contributed by atoms with Crippen LogP contribution in [0.3, 0.4) is 0 Å². The van der Waals surface area contributed by atoms with E-state index in [-0.39, 0.29) is 0 Å². The fourth-order valence-corrected chi connectivity index (χ4v) is 0.646. The van der Waals surface area contributed by atoms with Gasteiger partial charge in [-0.3, -0.25) is 0 Å². The van der Waals surface area contributed by atoms with Gasteiger partial charge in [-0.1, -0.05) is 12.2 Å². The number of hydrogen-bond donors (Lipinski definition) is 1. The number of aliphatic imine (C=N–C) groups is 1. The van der Waals surface area contributed by atoms with Crippen molar-refractivity contribution in [3.8, 4) is 0 Å². The van der Waals surface area contributed by atoms with E-state index in [0.29, 0.717) is 5.84 Å². The zero-order chi connectivity index (χ0) is 6.69. The van der Waals surface area contributed by atoms with Crippen molar-refractivity contribution in [2.45, 2.75) is 13.3 Å². The predicted octanol–water partition coefficient (Wildman–Crippen LogP) is 1.21. The van der Waals surface area contributed by atoms with Crippen molar-refractivity contribution in [3.63, 3.8) is 0 Å². The zero-order valence-electron chi connectivity index (χ0n) is 5.46. The maximum atomic E-state index is 5.45. The molecule has 0 aromatic carbocycles. The first-order chi connectivity index (χ1) is 4.29. The Kier molecular flexibility index (Phi) is 1.68. The fraction of sp³-hybridized carbons (Fsp3) is 0.286. The van der Waals surface area contributed by atoms with Gasteiger partial charge in [-0.05, 0) is 12.5 Å². The summed E-state index contributed by atoms with van der Waals surface area (Å²) in [6.07, 6.45) is 6.58. The van der Waals surface area contributed by atoms with E-state index in [1.165, 1.54) is 0 Å². The molecule has 0 saturated carbocycles. The van der Waals surface area contributed by atoms with Crippen LogP contribution in [0.5, 0.6) is 0 Å². The Balaban J connectivity index is 2.80. The van der Waals surface area contributed by atoms with Gasteiger partial charge in [0.1, 0.15) is 5.84 Å². The van der Waals surface area contributed by atoms with Crippen molar-refractivity contribution in [1.82, 2.24) is 0 Å². The van der Waals surface area contributed by atoms with Gasteiger partial charge in [0.25, 0.3) is 0 Å². The van der Waals surface area contributed by atoms with Gasteiger partial charge in [0.15, 0.2) is 0 Å². The van der Waals surface area contributed by atoms with Crippen LogP contribution in [0.15, 0.2) is 28.9 Å². The molecule has 1 heterocycles. The third-order valence-electron chi connectivity index (χ3n) is 1.14. The molecule has 0 bridgehead atoms. The van der Waals surface area contributed by atoms with Crippen LogP contribution in [0.4, 0.5) is 0 Å². The molecule has 1 rings (SSSR count). The highest BCUT2D eigenvalue weighted by molar-refractivity contribution is 5.82. The maximum absolute atomic E-state index is 5.45. The SMILES string of the molecule is CC1=CN=C(N)CC=C1. The highest BCUT2D eigenvalue weighted by atomic mass is 14.8. The number of hydrogen-bond acceptors (Lipinski definition) is 2. The highest BCUT2D eigenvalue weighted by Gasteiger charge is 1.90. The summed E-state index contributed by atoms with van der Waals surface area (Å²) >= 11 is 0. The minimum absolute atomic E-state index is 0.683. The van der Waals surface area contributed by atoms with Crippen LogP contribution >= 0.6 is 0 Å². The van der Waals surface area contributed by atoms with Crippen LogP contribution in [-0.2, 0) is 0 Å². The van der Waals surface area contributed by atoms with Crippen molar-refractivity contribution >= 4 is 5.84 Å². The molecular weight excluding hydrogens is 112 g/mol. The number of amidine groups is 1. The van der Waals surface area contributed by atoms with Gasteiger partial charge in [-0.2, -0.15) is 0 Å². The summed E-state index contributed by atoms with van der Waals surface area (Å²) in [6, 6.07) is 0. The highest BCUT2D eigenvalue weighted by Crippen LogP contribution is 2.00. The standard InChI is InChI=1S/C7H10N2/c1-6-3-2-4-7(8)9-5-6/h2-3,5H,4H2,1H3,(H2,8,9). The van der Waals surface area contributed by atoms with E-state index in [9.17, 15) is 0 Å². The second-order valence-corrected chi connectivity index (χ2v) is 2.10.